The number of nitrogens with zero attached hydrogens (tertiary/aromatic N) is 2. The Kier molecular flexibility index (Phi) is 5.16. The van der Waals surface area contributed by atoms with Crippen molar-refractivity contribution in [2.75, 3.05) is 12.4 Å². The molecule has 0 saturated carbocycles. The first-order chi connectivity index (χ1) is 10.9. The van der Waals surface area contributed by atoms with Crippen molar-refractivity contribution in [2.24, 2.45) is 0 Å². The molecular formula is C17H21N3O3. The minimum Gasteiger partial charge on any atom is -0.361 e. The van der Waals surface area contributed by atoms with Crippen molar-refractivity contribution in [3.8, 4) is 0 Å². The Balaban J connectivity index is 2.11. The van der Waals surface area contributed by atoms with Crippen molar-refractivity contribution in [3.05, 3.63) is 46.8 Å². The smallest absolute Gasteiger partial charge is 0.229 e. The van der Waals surface area contributed by atoms with E-state index in [0.717, 1.165) is 16.8 Å². The van der Waals surface area contributed by atoms with E-state index in [1.165, 1.54) is 6.92 Å². The van der Waals surface area contributed by atoms with E-state index < -0.39 is 0 Å². The summed E-state index contributed by atoms with van der Waals surface area (Å²) in [5, 5.41) is 6.75. The highest BCUT2D eigenvalue weighted by Gasteiger charge is 2.15. The van der Waals surface area contributed by atoms with Gasteiger partial charge in [-0.2, -0.15) is 0 Å². The molecule has 0 aliphatic rings. The van der Waals surface area contributed by atoms with E-state index in [2.05, 4.69) is 10.5 Å². The summed E-state index contributed by atoms with van der Waals surface area (Å²) in [4.78, 5) is 25.3. The molecule has 0 bridgehead atoms. The molecule has 1 heterocycles. The summed E-state index contributed by atoms with van der Waals surface area (Å²) >= 11 is 0. The van der Waals surface area contributed by atoms with Crippen LogP contribution in [0.15, 0.2) is 28.8 Å². The highest BCUT2D eigenvalue weighted by atomic mass is 16.5. The van der Waals surface area contributed by atoms with Crippen molar-refractivity contribution < 1.29 is 14.1 Å². The number of anilines is 1. The highest BCUT2D eigenvalue weighted by molar-refractivity contribution is 5.93. The Morgan fingerprint density at radius 3 is 2.57 bits per heavy atom. The Hall–Kier alpha value is -2.63. The van der Waals surface area contributed by atoms with Crippen LogP contribution in [0.2, 0.25) is 0 Å². The zero-order chi connectivity index (χ0) is 17.0. The van der Waals surface area contributed by atoms with Gasteiger partial charge in [-0.05, 0) is 25.5 Å². The molecule has 2 amide bonds. The van der Waals surface area contributed by atoms with Crippen molar-refractivity contribution in [1.82, 2.24) is 10.1 Å². The van der Waals surface area contributed by atoms with Gasteiger partial charge in [-0.3, -0.25) is 9.59 Å². The number of carbonyl (C=O) groups excluding carboxylic acids is 2. The van der Waals surface area contributed by atoms with Crippen molar-refractivity contribution in [2.45, 2.75) is 33.7 Å². The van der Waals surface area contributed by atoms with Crippen LogP contribution in [0.5, 0.6) is 0 Å². The van der Waals surface area contributed by atoms with Gasteiger partial charge in [0, 0.05) is 31.8 Å². The van der Waals surface area contributed by atoms with E-state index >= 15 is 0 Å². The van der Waals surface area contributed by atoms with E-state index in [-0.39, 0.29) is 18.2 Å². The van der Waals surface area contributed by atoms with Gasteiger partial charge in [-0.25, -0.2) is 0 Å². The molecular weight excluding hydrogens is 294 g/mol. The topological polar surface area (TPSA) is 75.4 Å². The SMILES string of the molecule is CC(=O)N(C)Cc1ccccc1NC(=O)Cc1c(C)noc1C. The normalized spacial score (nSPS) is 10.4. The van der Waals surface area contributed by atoms with Gasteiger partial charge in [0.25, 0.3) is 0 Å². The molecule has 122 valence electrons. The van der Waals surface area contributed by atoms with E-state index in [4.69, 9.17) is 4.52 Å². The maximum Gasteiger partial charge on any atom is 0.229 e. The lowest BCUT2D eigenvalue weighted by Gasteiger charge is -2.17. The fourth-order valence-electron chi connectivity index (χ4n) is 2.26. The third-order valence-electron chi connectivity index (χ3n) is 3.76. The number of hydrogen-bond donors (Lipinski definition) is 1. The Bertz CT molecular complexity index is 702. The maximum atomic E-state index is 12.3. The summed E-state index contributed by atoms with van der Waals surface area (Å²) in [6.07, 6.45) is 0.206. The molecule has 0 spiro atoms. The number of rotatable bonds is 5. The number of aryl methyl sites for hydroxylation is 2. The Morgan fingerprint density at radius 1 is 1.26 bits per heavy atom. The molecule has 0 radical (unpaired) electrons. The average molecular weight is 315 g/mol. The molecule has 1 N–H and O–H groups in total. The average Bonchev–Trinajstić information content (AvgIpc) is 2.81. The summed E-state index contributed by atoms with van der Waals surface area (Å²) in [6.45, 7) is 5.56. The van der Waals surface area contributed by atoms with E-state index in [1.54, 1.807) is 18.9 Å². The molecule has 0 unspecified atom stereocenters. The lowest BCUT2D eigenvalue weighted by molar-refractivity contribution is -0.128. The third kappa shape index (κ3) is 4.18. The fourth-order valence-corrected chi connectivity index (χ4v) is 2.26. The molecule has 0 atom stereocenters. The van der Waals surface area contributed by atoms with Gasteiger partial charge >= 0.3 is 0 Å². The third-order valence-corrected chi connectivity index (χ3v) is 3.76. The van der Waals surface area contributed by atoms with Gasteiger partial charge in [0.05, 0.1) is 12.1 Å². The zero-order valence-electron chi connectivity index (χ0n) is 13.8. The van der Waals surface area contributed by atoms with Crippen molar-refractivity contribution >= 4 is 17.5 Å². The first-order valence-electron chi connectivity index (χ1n) is 7.39. The number of carbonyl (C=O) groups is 2. The molecule has 1 aromatic heterocycles. The number of nitrogens with one attached hydrogen (secondary N) is 1. The summed E-state index contributed by atoms with van der Waals surface area (Å²) in [6, 6.07) is 7.45. The standard InChI is InChI=1S/C17H21N3O3/c1-11-15(12(2)23-19-11)9-17(22)18-16-8-6-5-7-14(16)10-20(4)13(3)21/h5-8H,9-10H2,1-4H3,(H,18,22). The maximum absolute atomic E-state index is 12.3. The van der Waals surface area contributed by atoms with Crippen LogP contribution < -0.4 is 5.32 Å². The lowest BCUT2D eigenvalue weighted by atomic mass is 10.1. The number of hydrogen-bond acceptors (Lipinski definition) is 4. The van der Waals surface area contributed by atoms with Crippen LogP contribution in [0.1, 0.15) is 29.5 Å². The second-order valence-corrected chi connectivity index (χ2v) is 5.56. The van der Waals surface area contributed by atoms with E-state index in [0.29, 0.717) is 18.0 Å². The van der Waals surface area contributed by atoms with Crippen LogP contribution >= 0.6 is 0 Å². The first-order valence-corrected chi connectivity index (χ1v) is 7.39. The van der Waals surface area contributed by atoms with Crippen LogP contribution in [0.25, 0.3) is 0 Å². The van der Waals surface area contributed by atoms with Crippen LogP contribution in [0.3, 0.4) is 0 Å². The highest BCUT2D eigenvalue weighted by Crippen LogP contribution is 2.18. The number of benzene rings is 1. The molecule has 2 aromatic rings. The van der Waals surface area contributed by atoms with E-state index in [1.807, 2.05) is 31.2 Å². The van der Waals surface area contributed by atoms with Crippen LogP contribution in [0.4, 0.5) is 5.69 Å². The predicted molar refractivity (Wildman–Crippen MR) is 86.9 cm³/mol. The number of aromatic nitrogens is 1. The molecule has 23 heavy (non-hydrogen) atoms. The fraction of sp³-hybridized carbons (Fsp3) is 0.353. The second-order valence-electron chi connectivity index (χ2n) is 5.56. The van der Waals surface area contributed by atoms with Crippen LogP contribution in [0, 0.1) is 13.8 Å². The molecule has 0 aliphatic carbocycles. The quantitative estimate of drug-likeness (QED) is 0.919. The predicted octanol–water partition coefficient (Wildman–Crippen LogP) is 2.45. The summed E-state index contributed by atoms with van der Waals surface area (Å²) in [5.74, 6) is 0.487. The van der Waals surface area contributed by atoms with Gasteiger partial charge in [0.15, 0.2) is 0 Å². The molecule has 2 rings (SSSR count). The minimum absolute atomic E-state index is 0.0261. The monoisotopic (exact) mass is 315 g/mol. The second kappa shape index (κ2) is 7.09. The summed E-state index contributed by atoms with van der Waals surface area (Å²) < 4.78 is 5.07. The zero-order valence-corrected chi connectivity index (χ0v) is 13.8. The molecule has 1 aromatic carbocycles. The number of para-hydroxylation sites is 1. The first kappa shape index (κ1) is 16.7. The van der Waals surface area contributed by atoms with Gasteiger partial charge in [0.2, 0.25) is 11.8 Å². The van der Waals surface area contributed by atoms with Gasteiger partial charge in [-0.15, -0.1) is 0 Å². The Labute approximate surface area is 135 Å². The van der Waals surface area contributed by atoms with Gasteiger partial charge < -0.3 is 14.7 Å². The largest absolute Gasteiger partial charge is 0.361 e. The van der Waals surface area contributed by atoms with Gasteiger partial charge in [-0.1, -0.05) is 23.4 Å². The molecule has 0 saturated heterocycles. The van der Waals surface area contributed by atoms with Crippen molar-refractivity contribution in [3.63, 3.8) is 0 Å². The van der Waals surface area contributed by atoms with Gasteiger partial charge in [0.1, 0.15) is 5.76 Å². The molecule has 6 heteroatoms. The van der Waals surface area contributed by atoms with Crippen molar-refractivity contribution in [1.29, 1.82) is 0 Å². The molecule has 0 fully saturated rings. The number of amides is 2. The summed E-state index contributed by atoms with van der Waals surface area (Å²) in [5.41, 5.74) is 3.12. The van der Waals surface area contributed by atoms with Crippen LogP contribution in [-0.4, -0.2) is 28.9 Å². The van der Waals surface area contributed by atoms with Crippen LogP contribution in [-0.2, 0) is 22.6 Å². The molecule has 0 aliphatic heterocycles. The Morgan fingerprint density at radius 2 is 1.96 bits per heavy atom. The van der Waals surface area contributed by atoms with E-state index in [9.17, 15) is 9.59 Å². The lowest BCUT2D eigenvalue weighted by Crippen LogP contribution is -2.24. The molecule has 6 nitrogen and oxygen atoms in total. The minimum atomic E-state index is -0.141. The summed E-state index contributed by atoms with van der Waals surface area (Å²) in [7, 11) is 1.73.